The number of nitrogens with one attached hydrogen (secondary N) is 1. The highest BCUT2D eigenvalue weighted by atomic mass is 32.1. The summed E-state index contributed by atoms with van der Waals surface area (Å²) in [6.45, 7) is 0. The van der Waals surface area contributed by atoms with Crippen LogP contribution >= 0.6 is 12.6 Å². The third-order valence-electron chi connectivity index (χ3n) is 1.82. The quantitative estimate of drug-likeness (QED) is 0.540. The number of nitrogens with zero attached hydrogens (tertiary/aromatic N) is 1. The maximum Gasteiger partial charge on any atom is 0.200 e. The number of hydrogen-bond donors (Lipinski definition) is 4. The van der Waals surface area contributed by atoms with Gasteiger partial charge in [-0.1, -0.05) is 0 Å². The molecule has 0 spiro atoms. The molecule has 14 heavy (non-hydrogen) atoms. The van der Waals surface area contributed by atoms with Crippen molar-refractivity contribution in [3.8, 4) is 23.0 Å². The highest BCUT2D eigenvalue weighted by molar-refractivity contribution is 7.80. The lowest BCUT2D eigenvalue weighted by Crippen LogP contribution is -1.82. The molecule has 0 aliphatic heterocycles. The Balaban J connectivity index is 2.60. The molecule has 0 fully saturated rings. The molecule has 2 aromatic rings. The third-order valence-corrected chi connectivity index (χ3v) is 2.19. The first kappa shape index (κ1) is 8.96. The Labute approximate surface area is 85.7 Å². The van der Waals surface area contributed by atoms with Crippen molar-refractivity contribution in [3.05, 3.63) is 24.4 Å². The van der Waals surface area contributed by atoms with Crippen molar-refractivity contribution in [2.75, 3.05) is 0 Å². The van der Waals surface area contributed by atoms with Crippen LogP contribution in [0, 0.1) is 0 Å². The van der Waals surface area contributed by atoms with Gasteiger partial charge in [0.2, 0.25) is 5.88 Å². The van der Waals surface area contributed by atoms with E-state index in [1.54, 1.807) is 18.3 Å². The Morgan fingerprint density at radius 1 is 1.36 bits per heavy atom. The van der Waals surface area contributed by atoms with Crippen LogP contribution in [-0.2, 0) is 0 Å². The topological polar surface area (TPSA) is 69.1 Å². The fourth-order valence-electron chi connectivity index (χ4n) is 1.21. The van der Waals surface area contributed by atoms with Gasteiger partial charge in [-0.15, -0.1) is 12.6 Å². The van der Waals surface area contributed by atoms with Gasteiger partial charge in [0, 0.05) is 17.2 Å². The molecule has 0 radical (unpaired) electrons. The van der Waals surface area contributed by atoms with Gasteiger partial charge in [-0.05, 0) is 12.1 Å². The molecule has 0 saturated carbocycles. The van der Waals surface area contributed by atoms with Crippen molar-refractivity contribution in [2.45, 2.75) is 4.90 Å². The minimum atomic E-state index is -0.114. The first-order chi connectivity index (χ1) is 6.68. The number of aromatic hydroxyl groups is 2. The van der Waals surface area contributed by atoms with Gasteiger partial charge in [0.05, 0.1) is 11.3 Å². The largest absolute Gasteiger partial charge is 0.494 e. The number of H-pyrrole nitrogens is 1. The molecule has 5 heteroatoms. The average Bonchev–Trinajstić information content (AvgIpc) is 2.46. The summed E-state index contributed by atoms with van der Waals surface area (Å²) in [5, 5.41) is 18.5. The SMILES string of the molecule is Oc1cc(-c2ncccc2S)c(O)[nH]1. The lowest BCUT2D eigenvalue weighted by Gasteiger charge is -2.00. The Kier molecular flexibility index (Phi) is 2.09. The zero-order valence-electron chi connectivity index (χ0n) is 7.10. The first-order valence-electron chi connectivity index (χ1n) is 3.94. The van der Waals surface area contributed by atoms with E-state index in [0.717, 1.165) is 0 Å². The van der Waals surface area contributed by atoms with Crippen LogP contribution in [0.3, 0.4) is 0 Å². The molecule has 4 nitrogen and oxygen atoms in total. The zero-order valence-corrected chi connectivity index (χ0v) is 7.99. The van der Waals surface area contributed by atoms with Crippen molar-refractivity contribution < 1.29 is 10.2 Å². The highest BCUT2D eigenvalue weighted by Crippen LogP contribution is 2.33. The Morgan fingerprint density at radius 2 is 2.14 bits per heavy atom. The van der Waals surface area contributed by atoms with Gasteiger partial charge >= 0.3 is 0 Å². The standard InChI is InChI=1S/C9H8N2O2S/c12-7-4-5(9(13)11-7)8-6(14)2-1-3-10-8/h1-4,11-14H. The Morgan fingerprint density at radius 3 is 2.71 bits per heavy atom. The normalized spacial score (nSPS) is 10.4. The fraction of sp³-hybridized carbons (Fsp3) is 0. The molecule has 3 N–H and O–H groups in total. The molecule has 0 atom stereocenters. The minimum absolute atomic E-state index is 0.101. The van der Waals surface area contributed by atoms with Gasteiger partial charge in [0.15, 0.2) is 5.88 Å². The van der Waals surface area contributed by atoms with E-state index >= 15 is 0 Å². The molecule has 2 heterocycles. The molecule has 0 bridgehead atoms. The number of thiol groups is 1. The van der Waals surface area contributed by atoms with E-state index in [0.29, 0.717) is 16.2 Å². The summed E-state index contributed by atoms with van der Waals surface area (Å²) < 4.78 is 0. The minimum Gasteiger partial charge on any atom is -0.494 e. The summed E-state index contributed by atoms with van der Waals surface area (Å²) in [4.78, 5) is 7.07. The molecule has 2 rings (SSSR count). The maximum absolute atomic E-state index is 9.42. The van der Waals surface area contributed by atoms with Crippen LogP contribution in [-0.4, -0.2) is 20.2 Å². The van der Waals surface area contributed by atoms with E-state index in [-0.39, 0.29) is 11.8 Å². The molecular weight excluding hydrogens is 200 g/mol. The van der Waals surface area contributed by atoms with Crippen LogP contribution in [0.15, 0.2) is 29.3 Å². The molecule has 2 aromatic heterocycles. The summed E-state index contributed by atoms with van der Waals surface area (Å²) in [5.74, 6) is -0.215. The number of aromatic nitrogens is 2. The van der Waals surface area contributed by atoms with E-state index in [4.69, 9.17) is 5.11 Å². The van der Waals surface area contributed by atoms with Gasteiger partial charge in [0.1, 0.15) is 0 Å². The molecule has 0 aliphatic rings. The van der Waals surface area contributed by atoms with Gasteiger partial charge in [-0.2, -0.15) is 0 Å². The van der Waals surface area contributed by atoms with E-state index in [1.807, 2.05) is 0 Å². The summed E-state index contributed by atoms with van der Waals surface area (Å²) in [6.07, 6.45) is 1.60. The summed E-state index contributed by atoms with van der Waals surface area (Å²) in [7, 11) is 0. The van der Waals surface area contributed by atoms with E-state index in [2.05, 4.69) is 22.6 Å². The van der Waals surface area contributed by atoms with E-state index in [1.165, 1.54) is 6.07 Å². The second-order valence-electron chi connectivity index (χ2n) is 2.79. The zero-order chi connectivity index (χ0) is 10.1. The Hall–Kier alpha value is -1.62. The second kappa shape index (κ2) is 3.26. The van der Waals surface area contributed by atoms with Crippen LogP contribution in [0.25, 0.3) is 11.3 Å². The summed E-state index contributed by atoms with van der Waals surface area (Å²) in [5.41, 5.74) is 0.970. The van der Waals surface area contributed by atoms with Crippen LogP contribution in [0.1, 0.15) is 0 Å². The predicted octanol–water partition coefficient (Wildman–Crippen LogP) is 1.78. The lowest BCUT2D eigenvalue weighted by molar-refractivity contribution is 0.426. The van der Waals surface area contributed by atoms with Gasteiger partial charge in [0.25, 0.3) is 0 Å². The third kappa shape index (κ3) is 1.42. The van der Waals surface area contributed by atoms with Crippen molar-refractivity contribution in [1.82, 2.24) is 9.97 Å². The molecule has 0 aromatic carbocycles. The van der Waals surface area contributed by atoms with Crippen LogP contribution < -0.4 is 0 Å². The first-order valence-corrected chi connectivity index (χ1v) is 4.38. The highest BCUT2D eigenvalue weighted by Gasteiger charge is 2.11. The maximum atomic E-state index is 9.42. The molecule has 0 unspecified atom stereocenters. The van der Waals surface area contributed by atoms with Crippen molar-refractivity contribution >= 4 is 12.6 Å². The van der Waals surface area contributed by atoms with E-state index in [9.17, 15) is 5.11 Å². The van der Waals surface area contributed by atoms with Crippen molar-refractivity contribution in [1.29, 1.82) is 0 Å². The number of aromatic amines is 1. The van der Waals surface area contributed by atoms with Crippen LogP contribution in [0.4, 0.5) is 0 Å². The number of rotatable bonds is 1. The summed E-state index contributed by atoms with van der Waals surface area (Å²) >= 11 is 4.20. The van der Waals surface area contributed by atoms with Gasteiger partial charge in [-0.25, -0.2) is 0 Å². The summed E-state index contributed by atoms with van der Waals surface area (Å²) in [6, 6.07) is 4.90. The van der Waals surface area contributed by atoms with Gasteiger partial charge < -0.3 is 10.2 Å². The molecule has 0 saturated heterocycles. The van der Waals surface area contributed by atoms with Crippen molar-refractivity contribution in [2.24, 2.45) is 0 Å². The Bertz CT molecular complexity index is 468. The molecular formula is C9H8N2O2S. The van der Waals surface area contributed by atoms with Crippen LogP contribution in [0.5, 0.6) is 11.8 Å². The fourth-order valence-corrected chi connectivity index (χ4v) is 1.48. The number of pyridine rings is 1. The van der Waals surface area contributed by atoms with Gasteiger partial charge in [-0.3, -0.25) is 9.97 Å². The van der Waals surface area contributed by atoms with Crippen molar-refractivity contribution in [3.63, 3.8) is 0 Å². The average molecular weight is 208 g/mol. The smallest absolute Gasteiger partial charge is 0.200 e. The molecule has 72 valence electrons. The molecule has 0 aliphatic carbocycles. The molecule has 0 amide bonds. The predicted molar refractivity (Wildman–Crippen MR) is 54.6 cm³/mol. The monoisotopic (exact) mass is 208 g/mol. The van der Waals surface area contributed by atoms with E-state index < -0.39 is 0 Å². The van der Waals surface area contributed by atoms with Crippen LogP contribution in [0.2, 0.25) is 0 Å². The lowest BCUT2D eigenvalue weighted by atomic mass is 10.2. The number of hydrogen-bond acceptors (Lipinski definition) is 4. The second-order valence-corrected chi connectivity index (χ2v) is 3.27.